The summed E-state index contributed by atoms with van der Waals surface area (Å²) >= 11 is 0. The van der Waals surface area contributed by atoms with Gasteiger partial charge in [0.2, 0.25) is 0 Å². The summed E-state index contributed by atoms with van der Waals surface area (Å²) in [5.41, 5.74) is 8.81. The molecule has 2 aromatic rings. The van der Waals surface area contributed by atoms with Gasteiger partial charge in [0.05, 0.1) is 0 Å². The van der Waals surface area contributed by atoms with Gasteiger partial charge in [0.1, 0.15) is 0 Å². The highest BCUT2D eigenvalue weighted by Gasteiger charge is 2.25. The molecule has 0 spiro atoms. The van der Waals surface area contributed by atoms with Gasteiger partial charge in [0.25, 0.3) is 5.91 Å². The van der Waals surface area contributed by atoms with E-state index < -0.39 is 0 Å². The van der Waals surface area contributed by atoms with Crippen molar-refractivity contribution in [2.45, 2.75) is 32.7 Å². The van der Waals surface area contributed by atoms with Crippen molar-refractivity contribution >= 4 is 35.7 Å². The van der Waals surface area contributed by atoms with E-state index in [0.29, 0.717) is 22.9 Å². The lowest BCUT2D eigenvalue weighted by molar-refractivity contribution is 0.0681. The fourth-order valence-corrected chi connectivity index (χ4v) is 3.51. The molecule has 0 bridgehead atoms. The van der Waals surface area contributed by atoms with Gasteiger partial charge in [-0.15, -0.1) is 12.4 Å². The second-order valence-corrected chi connectivity index (χ2v) is 7.46. The number of urea groups is 1. The number of rotatable bonds is 4. The molecule has 3 amide bonds. The lowest BCUT2D eigenvalue weighted by Crippen LogP contribution is -2.42. The van der Waals surface area contributed by atoms with E-state index in [1.165, 1.54) is 0 Å². The number of aryl methyl sites for hydroxylation is 1. The highest BCUT2D eigenvalue weighted by Crippen LogP contribution is 2.23. The minimum atomic E-state index is -0.336. The van der Waals surface area contributed by atoms with Crippen LogP contribution in [0.3, 0.4) is 0 Å². The molecule has 2 aromatic carbocycles. The second kappa shape index (κ2) is 10.3. The van der Waals surface area contributed by atoms with Gasteiger partial charge in [-0.05, 0) is 62.4 Å². The number of carbonyl (C=O) groups excluding carboxylic acids is 2. The molecule has 0 radical (unpaired) electrons. The van der Waals surface area contributed by atoms with Crippen LogP contribution in [0, 0.1) is 12.8 Å². The van der Waals surface area contributed by atoms with Gasteiger partial charge in [0, 0.05) is 36.1 Å². The minimum Gasteiger partial charge on any atom is -0.339 e. The molecule has 1 fully saturated rings. The number of anilines is 2. The predicted octanol–water partition coefficient (Wildman–Crippen LogP) is 4.26. The molecule has 1 heterocycles. The van der Waals surface area contributed by atoms with Gasteiger partial charge >= 0.3 is 6.03 Å². The first-order valence-corrected chi connectivity index (χ1v) is 9.72. The van der Waals surface area contributed by atoms with Crippen molar-refractivity contribution < 1.29 is 9.59 Å². The van der Waals surface area contributed by atoms with E-state index in [4.69, 9.17) is 5.73 Å². The molecule has 3 rings (SSSR count). The number of para-hydroxylation sites is 1. The Kier molecular flexibility index (Phi) is 8.05. The SMILES string of the molecule is Cc1ccc(C(=O)N2CCC(C(C)N)CC2)cc1NC(=O)Nc1ccccc1.Cl. The maximum atomic E-state index is 12.9. The molecule has 1 saturated heterocycles. The minimum absolute atomic E-state index is 0. The summed E-state index contributed by atoms with van der Waals surface area (Å²) in [4.78, 5) is 27.0. The molecule has 29 heavy (non-hydrogen) atoms. The molecular weight excluding hydrogens is 388 g/mol. The van der Waals surface area contributed by atoms with Crippen LogP contribution in [0.1, 0.15) is 35.7 Å². The van der Waals surface area contributed by atoms with E-state index in [0.717, 1.165) is 31.5 Å². The standard InChI is InChI=1S/C22H28N4O2.ClH/c1-15-8-9-18(21(27)26-12-10-17(11-13-26)16(2)23)14-20(15)25-22(28)24-19-6-4-3-5-7-19;/h3-9,14,16-17H,10-13,23H2,1-2H3,(H2,24,25,28);1H. The zero-order valence-electron chi connectivity index (χ0n) is 16.9. The Morgan fingerprint density at radius 3 is 2.34 bits per heavy atom. The van der Waals surface area contributed by atoms with E-state index in [-0.39, 0.29) is 30.4 Å². The summed E-state index contributed by atoms with van der Waals surface area (Å²) in [7, 11) is 0. The Balaban J connectivity index is 0.00000300. The van der Waals surface area contributed by atoms with Crippen LogP contribution < -0.4 is 16.4 Å². The molecule has 4 N–H and O–H groups in total. The van der Waals surface area contributed by atoms with Crippen molar-refractivity contribution in [2.75, 3.05) is 23.7 Å². The van der Waals surface area contributed by atoms with E-state index in [1.54, 1.807) is 6.07 Å². The monoisotopic (exact) mass is 416 g/mol. The summed E-state index contributed by atoms with van der Waals surface area (Å²) in [6, 6.07) is 14.5. The first kappa shape index (κ1) is 22.7. The number of carbonyl (C=O) groups is 2. The molecule has 7 heteroatoms. The highest BCUT2D eigenvalue weighted by molar-refractivity contribution is 6.02. The zero-order chi connectivity index (χ0) is 20.1. The van der Waals surface area contributed by atoms with E-state index in [1.807, 2.05) is 61.2 Å². The van der Waals surface area contributed by atoms with Crippen LogP contribution in [-0.2, 0) is 0 Å². The summed E-state index contributed by atoms with van der Waals surface area (Å²) < 4.78 is 0. The third-order valence-electron chi connectivity index (χ3n) is 5.33. The first-order valence-electron chi connectivity index (χ1n) is 9.72. The van der Waals surface area contributed by atoms with E-state index in [2.05, 4.69) is 10.6 Å². The number of hydrogen-bond acceptors (Lipinski definition) is 3. The molecule has 1 unspecified atom stereocenters. The fourth-order valence-electron chi connectivity index (χ4n) is 3.51. The average Bonchev–Trinajstić information content (AvgIpc) is 2.70. The number of piperidine rings is 1. The van der Waals surface area contributed by atoms with Gasteiger partial charge in [-0.25, -0.2) is 4.79 Å². The number of hydrogen-bond donors (Lipinski definition) is 3. The maximum absolute atomic E-state index is 12.9. The Hall–Kier alpha value is -2.57. The predicted molar refractivity (Wildman–Crippen MR) is 120 cm³/mol. The number of halogens is 1. The molecule has 1 aliphatic rings. The summed E-state index contributed by atoms with van der Waals surface area (Å²) in [6.45, 7) is 5.37. The van der Waals surface area contributed by atoms with Crippen LogP contribution in [0.4, 0.5) is 16.2 Å². The van der Waals surface area contributed by atoms with Crippen LogP contribution in [0.15, 0.2) is 48.5 Å². The van der Waals surface area contributed by atoms with Crippen molar-refractivity contribution in [3.63, 3.8) is 0 Å². The van der Waals surface area contributed by atoms with Gasteiger partial charge in [-0.2, -0.15) is 0 Å². The van der Waals surface area contributed by atoms with Crippen molar-refractivity contribution in [1.82, 2.24) is 4.90 Å². The van der Waals surface area contributed by atoms with Gasteiger partial charge in [-0.3, -0.25) is 4.79 Å². The third kappa shape index (κ3) is 5.95. The zero-order valence-corrected chi connectivity index (χ0v) is 17.7. The third-order valence-corrected chi connectivity index (χ3v) is 5.33. The Morgan fingerprint density at radius 2 is 1.72 bits per heavy atom. The number of nitrogens with one attached hydrogen (secondary N) is 2. The van der Waals surface area contributed by atoms with E-state index in [9.17, 15) is 9.59 Å². The summed E-state index contributed by atoms with van der Waals surface area (Å²) in [5, 5.41) is 5.63. The maximum Gasteiger partial charge on any atom is 0.323 e. The van der Waals surface area contributed by atoms with Crippen LogP contribution in [-0.4, -0.2) is 36.0 Å². The molecule has 0 saturated carbocycles. The number of likely N-dealkylation sites (tertiary alicyclic amines) is 1. The lowest BCUT2D eigenvalue weighted by atomic mass is 9.90. The van der Waals surface area contributed by atoms with Crippen molar-refractivity contribution in [3.8, 4) is 0 Å². The Morgan fingerprint density at radius 1 is 1.07 bits per heavy atom. The van der Waals surface area contributed by atoms with Crippen LogP contribution >= 0.6 is 12.4 Å². The molecule has 156 valence electrons. The Labute approximate surface area is 178 Å². The van der Waals surface area contributed by atoms with Crippen LogP contribution in [0.2, 0.25) is 0 Å². The largest absolute Gasteiger partial charge is 0.339 e. The number of nitrogens with two attached hydrogens (primary N) is 1. The normalized spacial score (nSPS) is 15.2. The van der Waals surface area contributed by atoms with Gasteiger partial charge in [0.15, 0.2) is 0 Å². The molecule has 1 aliphatic heterocycles. The number of amides is 3. The van der Waals surface area contributed by atoms with Crippen molar-refractivity contribution in [3.05, 3.63) is 59.7 Å². The van der Waals surface area contributed by atoms with Gasteiger partial charge < -0.3 is 21.3 Å². The number of nitrogens with zero attached hydrogens (tertiary/aromatic N) is 1. The summed E-state index contributed by atoms with van der Waals surface area (Å²) in [6.07, 6.45) is 1.86. The van der Waals surface area contributed by atoms with Crippen LogP contribution in [0.5, 0.6) is 0 Å². The fraction of sp³-hybridized carbons (Fsp3) is 0.364. The number of benzene rings is 2. The molecule has 6 nitrogen and oxygen atoms in total. The van der Waals surface area contributed by atoms with Crippen LogP contribution in [0.25, 0.3) is 0 Å². The van der Waals surface area contributed by atoms with Crippen molar-refractivity contribution in [1.29, 1.82) is 0 Å². The quantitative estimate of drug-likeness (QED) is 0.695. The van der Waals surface area contributed by atoms with Crippen molar-refractivity contribution in [2.24, 2.45) is 11.7 Å². The molecule has 1 atom stereocenters. The molecular formula is C22H29ClN4O2. The Bertz CT molecular complexity index is 834. The average molecular weight is 417 g/mol. The topological polar surface area (TPSA) is 87.5 Å². The first-order chi connectivity index (χ1) is 13.4. The van der Waals surface area contributed by atoms with E-state index >= 15 is 0 Å². The smallest absolute Gasteiger partial charge is 0.323 e. The highest BCUT2D eigenvalue weighted by atomic mass is 35.5. The summed E-state index contributed by atoms with van der Waals surface area (Å²) in [5.74, 6) is 0.468. The molecule has 0 aliphatic carbocycles. The second-order valence-electron chi connectivity index (χ2n) is 7.46. The lowest BCUT2D eigenvalue weighted by Gasteiger charge is -2.33. The molecule has 0 aromatic heterocycles. The van der Waals surface area contributed by atoms with Gasteiger partial charge in [-0.1, -0.05) is 24.3 Å².